The first-order valence-corrected chi connectivity index (χ1v) is 7.39. The Bertz CT molecular complexity index is 625. The second-order valence-electron chi connectivity index (χ2n) is 5.47. The monoisotopic (exact) mass is 280 g/mol. The number of hydrogen-bond donors (Lipinski definition) is 1. The van der Waals surface area contributed by atoms with Gasteiger partial charge in [0.15, 0.2) is 0 Å². The van der Waals surface area contributed by atoms with Gasteiger partial charge in [0.1, 0.15) is 32.7 Å². The molecule has 1 aliphatic heterocycles. The number of nitrogens with zero attached hydrogens (tertiary/aromatic N) is 2. The van der Waals surface area contributed by atoms with Crippen molar-refractivity contribution in [2.45, 2.75) is 6.54 Å². The highest BCUT2D eigenvalue weighted by Gasteiger charge is 2.25. The molecule has 1 aromatic heterocycles. The van der Waals surface area contributed by atoms with E-state index in [9.17, 15) is 0 Å². The molecule has 2 aromatic rings. The van der Waals surface area contributed by atoms with Gasteiger partial charge >= 0.3 is 0 Å². The van der Waals surface area contributed by atoms with Crippen LogP contribution >= 0.6 is 0 Å². The summed E-state index contributed by atoms with van der Waals surface area (Å²) in [6, 6.07) is 16.4. The number of rotatable bonds is 3. The van der Waals surface area contributed by atoms with Crippen LogP contribution < -0.4 is 14.8 Å². The first kappa shape index (κ1) is 13.6. The highest BCUT2D eigenvalue weighted by atomic mass is 15.3. The molecule has 0 radical (unpaired) electrons. The standard InChI is InChI=1S/C17H18N4/c18-13-15-4-3-5-16(12-15)14-20-8-10-21(11-9-20)17-6-1-2-7-19-17/h1-7,12H,8-11,14H2/p+2. The van der Waals surface area contributed by atoms with Gasteiger partial charge in [-0.15, -0.1) is 0 Å². The predicted octanol–water partition coefficient (Wildman–Crippen LogP) is 0.277. The van der Waals surface area contributed by atoms with E-state index in [1.54, 1.807) is 4.90 Å². The molecule has 0 aliphatic carbocycles. The smallest absolute Gasteiger partial charge is 0.274 e. The highest BCUT2D eigenvalue weighted by Crippen LogP contribution is 2.06. The highest BCUT2D eigenvalue weighted by molar-refractivity contribution is 5.33. The van der Waals surface area contributed by atoms with E-state index in [1.807, 2.05) is 30.5 Å². The van der Waals surface area contributed by atoms with Crippen LogP contribution in [0.15, 0.2) is 48.7 Å². The van der Waals surface area contributed by atoms with Gasteiger partial charge in [-0.05, 0) is 18.2 Å². The van der Waals surface area contributed by atoms with Crippen LogP contribution in [0.1, 0.15) is 11.1 Å². The van der Waals surface area contributed by atoms with Gasteiger partial charge in [0.25, 0.3) is 5.82 Å². The normalized spacial score (nSPS) is 15.7. The number of anilines is 1. The van der Waals surface area contributed by atoms with Gasteiger partial charge in [-0.25, -0.2) is 4.98 Å². The fourth-order valence-corrected chi connectivity index (χ4v) is 2.86. The zero-order valence-corrected chi connectivity index (χ0v) is 12.0. The lowest BCUT2D eigenvalue weighted by atomic mass is 10.1. The molecule has 21 heavy (non-hydrogen) atoms. The first-order valence-electron chi connectivity index (χ1n) is 7.39. The summed E-state index contributed by atoms with van der Waals surface area (Å²) in [5.41, 5.74) is 2.01. The maximum absolute atomic E-state index is 8.96. The van der Waals surface area contributed by atoms with Gasteiger partial charge in [-0.2, -0.15) is 5.26 Å². The Balaban J connectivity index is 1.57. The third-order valence-electron chi connectivity index (χ3n) is 4.01. The maximum atomic E-state index is 8.96. The van der Waals surface area contributed by atoms with E-state index in [1.165, 1.54) is 11.4 Å². The van der Waals surface area contributed by atoms with Crippen LogP contribution in [0.2, 0.25) is 0 Å². The van der Waals surface area contributed by atoms with Gasteiger partial charge in [0.05, 0.1) is 17.8 Å². The molecule has 0 spiro atoms. The van der Waals surface area contributed by atoms with E-state index >= 15 is 0 Å². The number of nitrogens with one attached hydrogen (secondary N) is 2. The van der Waals surface area contributed by atoms with Crippen molar-refractivity contribution >= 4 is 5.82 Å². The lowest BCUT2D eigenvalue weighted by Crippen LogP contribution is -3.13. The second kappa shape index (κ2) is 6.38. The molecule has 3 rings (SSSR count). The Morgan fingerprint density at radius 1 is 1.14 bits per heavy atom. The first-order chi connectivity index (χ1) is 10.3. The molecule has 0 amide bonds. The fraction of sp³-hybridized carbons (Fsp3) is 0.294. The molecule has 0 unspecified atom stereocenters. The number of H-pyrrole nitrogens is 1. The number of aromatic amines is 1. The Hall–Kier alpha value is -2.38. The van der Waals surface area contributed by atoms with Crippen molar-refractivity contribution in [3.05, 3.63) is 59.8 Å². The van der Waals surface area contributed by atoms with Crippen LogP contribution in [0.4, 0.5) is 5.82 Å². The van der Waals surface area contributed by atoms with Gasteiger partial charge < -0.3 is 4.90 Å². The van der Waals surface area contributed by atoms with Crippen LogP contribution in [-0.4, -0.2) is 26.2 Å². The number of aromatic nitrogens is 1. The van der Waals surface area contributed by atoms with Crippen molar-refractivity contribution in [3.63, 3.8) is 0 Å². The van der Waals surface area contributed by atoms with E-state index in [4.69, 9.17) is 5.26 Å². The lowest BCUT2D eigenvalue weighted by Gasteiger charge is -2.28. The predicted molar refractivity (Wildman–Crippen MR) is 80.8 cm³/mol. The lowest BCUT2D eigenvalue weighted by molar-refractivity contribution is -0.914. The average Bonchev–Trinajstić information content (AvgIpc) is 2.56. The summed E-state index contributed by atoms with van der Waals surface area (Å²) in [5.74, 6) is 1.20. The molecule has 1 aromatic carbocycles. The number of hydrogen-bond acceptors (Lipinski definition) is 2. The van der Waals surface area contributed by atoms with Gasteiger partial charge in [-0.1, -0.05) is 18.2 Å². The largest absolute Gasteiger partial charge is 0.325 e. The van der Waals surface area contributed by atoms with E-state index < -0.39 is 0 Å². The topological polar surface area (TPSA) is 45.6 Å². The number of nitriles is 1. The Morgan fingerprint density at radius 2 is 2.00 bits per heavy atom. The van der Waals surface area contributed by atoms with Crippen molar-refractivity contribution in [3.8, 4) is 6.07 Å². The van der Waals surface area contributed by atoms with Crippen LogP contribution in [0.25, 0.3) is 0 Å². The van der Waals surface area contributed by atoms with Gasteiger partial charge in [-0.3, -0.25) is 4.90 Å². The molecular weight excluding hydrogens is 260 g/mol. The molecule has 4 nitrogen and oxygen atoms in total. The van der Waals surface area contributed by atoms with Crippen molar-refractivity contribution in [1.29, 1.82) is 5.26 Å². The number of benzene rings is 1. The molecule has 0 bridgehead atoms. The SMILES string of the molecule is N#Cc1cccc(C[NH+]2CCN(c3cccc[nH+]3)CC2)c1. The summed E-state index contributed by atoms with van der Waals surface area (Å²) >= 11 is 0. The van der Waals surface area contributed by atoms with Crippen molar-refractivity contribution < 1.29 is 9.88 Å². The van der Waals surface area contributed by atoms with Crippen LogP contribution in [0, 0.1) is 11.3 Å². The molecule has 1 aliphatic rings. The van der Waals surface area contributed by atoms with E-state index in [2.05, 4.69) is 34.2 Å². The Morgan fingerprint density at radius 3 is 2.71 bits per heavy atom. The maximum Gasteiger partial charge on any atom is 0.274 e. The van der Waals surface area contributed by atoms with Crippen LogP contribution in [0.3, 0.4) is 0 Å². The zero-order chi connectivity index (χ0) is 14.5. The number of piperazine rings is 1. The minimum Gasteiger partial charge on any atom is -0.325 e. The Kier molecular flexibility index (Phi) is 4.13. The molecule has 4 heteroatoms. The molecule has 1 fully saturated rings. The van der Waals surface area contributed by atoms with E-state index in [0.29, 0.717) is 0 Å². The van der Waals surface area contributed by atoms with E-state index in [-0.39, 0.29) is 0 Å². The van der Waals surface area contributed by atoms with Gasteiger partial charge in [0.2, 0.25) is 0 Å². The van der Waals surface area contributed by atoms with Crippen LogP contribution in [-0.2, 0) is 6.54 Å². The van der Waals surface area contributed by atoms with Crippen molar-refractivity contribution in [2.75, 3.05) is 31.1 Å². The third kappa shape index (κ3) is 3.39. The Labute approximate surface area is 125 Å². The summed E-state index contributed by atoms with van der Waals surface area (Å²) < 4.78 is 0. The van der Waals surface area contributed by atoms with Crippen LogP contribution in [0.5, 0.6) is 0 Å². The summed E-state index contributed by atoms with van der Waals surface area (Å²) in [6.45, 7) is 5.38. The minimum atomic E-state index is 0.754. The summed E-state index contributed by atoms with van der Waals surface area (Å²) in [6.07, 6.45) is 1.97. The number of pyridine rings is 1. The fourth-order valence-electron chi connectivity index (χ4n) is 2.86. The molecule has 106 valence electrons. The molecule has 2 heterocycles. The van der Waals surface area contributed by atoms with Crippen molar-refractivity contribution in [2.24, 2.45) is 0 Å². The molecule has 1 saturated heterocycles. The van der Waals surface area contributed by atoms with Crippen molar-refractivity contribution in [1.82, 2.24) is 0 Å². The summed E-state index contributed by atoms with van der Waals surface area (Å²) in [4.78, 5) is 7.28. The summed E-state index contributed by atoms with van der Waals surface area (Å²) in [7, 11) is 0. The minimum absolute atomic E-state index is 0.754. The molecule has 0 atom stereocenters. The number of quaternary nitrogens is 1. The van der Waals surface area contributed by atoms with E-state index in [0.717, 1.165) is 38.3 Å². The average molecular weight is 280 g/mol. The molecule has 2 N–H and O–H groups in total. The second-order valence-corrected chi connectivity index (χ2v) is 5.47. The molecular formula is C17H20N4+2. The third-order valence-corrected chi connectivity index (χ3v) is 4.01. The molecule has 0 saturated carbocycles. The van der Waals surface area contributed by atoms with Gasteiger partial charge in [0, 0.05) is 11.6 Å². The quantitative estimate of drug-likeness (QED) is 0.877. The summed E-state index contributed by atoms with van der Waals surface area (Å²) in [5, 5.41) is 8.96. The zero-order valence-electron chi connectivity index (χ0n) is 12.0.